The van der Waals surface area contributed by atoms with Crippen LogP contribution in [0, 0.1) is 19.8 Å². The van der Waals surface area contributed by atoms with Crippen molar-refractivity contribution >= 4 is 5.78 Å². The highest BCUT2D eigenvalue weighted by atomic mass is 16.1. The Balaban J connectivity index is 2.03. The Morgan fingerprint density at radius 1 is 1.29 bits per heavy atom. The number of aryl methyl sites for hydroxylation is 2. The lowest BCUT2D eigenvalue weighted by Crippen LogP contribution is -2.20. The topological polar surface area (TPSA) is 43.1 Å². The zero-order chi connectivity index (χ0) is 12.4. The summed E-state index contributed by atoms with van der Waals surface area (Å²) in [5, 5.41) is 0. The molecule has 0 saturated carbocycles. The molecule has 2 N–H and O–H groups in total. The van der Waals surface area contributed by atoms with E-state index in [0.29, 0.717) is 6.42 Å². The first-order valence-electron chi connectivity index (χ1n) is 6.09. The van der Waals surface area contributed by atoms with Crippen LogP contribution in [0.25, 0.3) is 0 Å². The van der Waals surface area contributed by atoms with Gasteiger partial charge in [0.25, 0.3) is 0 Å². The molecule has 2 unspecified atom stereocenters. The van der Waals surface area contributed by atoms with Gasteiger partial charge in [-0.05, 0) is 37.0 Å². The first-order chi connectivity index (χ1) is 8.06. The molecule has 1 aromatic carbocycles. The number of carbonyl (C=O) groups is 1. The number of rotatable bonds is 3. The van der Waals surface area contributed by atoms with Crippen LogP contribution in [-0.4, -0.2) is 11.8 Å². The number of Topliss-reactive ketones (excluding diaryl/α,β-unsaturated/α-hetero) is 1. The summed E-state index contributed by atoms with van der Waals surface area (Å²) in [7, 11) is 0. The highest BCUT2D eigenvalue weighted by Crippen LogP contribution is 2.20. The molecule has 1 aliphatic rings. The average molecular weight is 229 g/mol. The Morgan fingerprint density at radius 2 is 2.06 bits per heavy atom. The van der Waals surface area contributed by atoms with Gasteiger partial charge >= 0.3 is 0 Å². The van der Waals surface area contributed by atoms with Gasteiger partial charge in [0.05, 0.1) is 0 Å². The summed E-state index contributed by atoms with van der Waals surface area (Å²) < 4.78 is 0. The van der Waals surface area contributed by atoms with E-state index in [1.165, 1.54) is 11.1 Å². The van der Waals surface area contributed by atoms with Gasteiger partial charge < -0.3 is 5.73 Å². The number of benzene rings is 1. The first kappa shape index (κ1) is 12.1. The van der Waals surface area contributed by atoms with Crippen LogP contribution in [0.5, 0.6) is 0 Å². The van der Waals surface area contributed by atoms with Crippen LogP contribution >= 0.6 is 0 Å². The molecule has 2 heteroatoms. The van der Waals surface area contributed by atoms with Crippen LogP contribution in [0.4, 0.5) is 0 Å². The lowest BCUT2D eigenvalue weighted by Gasteiger charge is -2.09. The van der Waals surface area contributed by atoms with E-state index in [0.717, 1.165) is 12.0 Å². The molecule has 0 saturated heterocycles. The Morgan fingerprint density at radius 3 is 2.65 bits per heavy atom. The van der Waals surface area contributed by atoms with Gasteiger partial charge in [-0.3, -0.25) is 4.79 Å². The van der Waals surface area contributed by atoms with E-state index < -0.39 is 0 Å². The molecule has 17 heavy (non-hydrogen) atoms. The Bertz CT molecular complexity index is 462. The molecule has 2 rings (SSSR count). The van der Waals surface area contributed by atoms with Gasteiger partial charge in [0.2, 0.25) is 0 Å². The van der Waals surface area contributed by atoms with Crippen LogP contribution < -0.4 is 5.73 Å². The maximum atomic E-state index is 12.0. The van der Waals surface area contributed by atoms with E-state index in [1.54, 1.807) is 0 Å². The molecule has 0 heterocycles. The van der Waals surface area contributed by atoms with Crippen molar-refractivity contribution in [1.29, 1.82) is 0 Å². The SMILES string of the molecule is Cc1ccc(CC(=O)C2C=CC(N)C2)cc1C. The standard InChI is InChI=1S/C15H19NO/c1-10-3-4-12(7-11(10)2)8-15(17)13-5-6-14(16)9-13/h3-7,13-14H,8-9,16H2,1-2H3. The summed E-state index contributed by atoms with van der Waals surface area (Å²) in [6.07, 6.45) is 5.17. The summed E-state index contributed by atoms with van der Waals surface area (Å²) in [6.45, 7) is 4.16. The van der Waals surface area contributed by atoms with Gasteiger partial charge in [0.1, 0.15) is 5.78 Å². The van der Waals surface area contributed by atoms with E-state index in [9.17, 15) is 4.79 Å². The van der Waals surface area contributed by atoms with Gasteiger partial charge in [0.15, 0.2) is 0 Å². The third-order valence-electron chi connectivity index (χ3n) is 3.48. The van der Waals surface area contributed by atoms with Crippen molar-refractivity contribution in [3.63, 3.8) is 0 Å². The molecular weight excluding hydrogens is 210 g/mol. The van der Waals surface area contributed by atoms with Crippen molar-refractivity contribution in [2.24, 2.45) is 11.7 Å². The zero-order valence-electron chi connectivity index (χ0n) is 10.4. The van der Waals surface area contributed by atoms with Crippen molar-refractivity contribution in [1.82, 2.24) is 0 Å². The maximum absolute atomic E-state index is 12.0. The third-order valence-corrected chi connectivity index (χ3v) is 3.48. The Hall–Kier alpha value is -1.41. The molecule has 1 aliphatic carbocycles. The van der Waals surface area contributed by atoms with Crippen molar-refractivity contribution < 1.29 is 4.79 Å². The second kappa shape index (κ2) is 4.84. The number of hydrogen-bond donors (Lipinski definition) is 1. The lowest BCUT2D eigenvalue weighted by molar-refractivity contribution is -0.120. The van der Waals surface area contributed by atoms with Gasteiger partial charge in [-0.25, -0.2) is 0 Å². The monoisotopic (exact) mass is 229 g/mol. The van der Waals surface area contributed by atoms with Crippen LogP contribution in [0.2, 0.25) is 0 Å². The van der Waals surface area contributed by atoms with Gasteiger partial charge in [-0.1, -0.05) is 30.4 Å². The van der Waals surface area contributed by atoms with Crippen molar-refractivity contribution in [2.75, 3.05) is 0 Å². The van der Waals surface area contributed by atoms with E-state index >= 15 is 0 Å². The highest BCUT2D eigenvalue weighted by molar-refractivity contribution is 5.85. The summed E-state index contributed by atoms with van der Waals surface area (Å²) in [4.78, 5) is 12.0. The summed E-state index contributed by atoms with van der Waals surface area (Å²) in [5.74, 6) is 0.295. The number of hydrogen-bond acceptors (Lipinski definition) is 2. The molecule has 0 fully saturated rings. The fourth-order valence-electron chi connectivity index (χ4n) is 2.21. The Kier molecular flexibility index (Phi) is 3.43. The molecule has 2 atom stereocenters. The van der Waals surface area contributed by atoms with Crippen molar-refractivity contribution in [3.05, 3.63) is 47.0 Å². The van der Waals surface area contributed by atoms with E-state index in [1.807, 2.05) is 18.2 Å². The van der Waals surface area contributed by atoms with Crippen LogP contribution in [0.3, 0.4) is 0 Å². The molecule has 0 aromatic heterocycles. The molecular formula is C15H19NO. The van der Waals surface area contributed by atoms with E-state index in [2.05, 4.69) is 26.0 Å². The number of ketones is 1. The lowest BCUT2D eigenvalue weighted by atomic mass is 9.95. The normalized spacial score (nSPS) is 23.0. The molecule has 90 valence electrons. The molecule has 0 amide bonds. The number of allylic oxidation sites excluding steroid dienone is 1. The average Bonchev–Trinajstić information content (AvgIpc) is 2.70. The largest absolute Gasteiger partial charge is 0.324 e. The Labute approximate surface area is 103 Å². The minimum absolute atomic E-state index is 0.0200. The van der Waals surface area contributed by atoms with Crippen LogP contribution in [-0.2, 0) is 11.2 Å². The minimum Gasteiger partial charge on any atom is -0.324 e. The highest BCUT2D eigenvalue weighted by Gasteiger charge is 2.22. The van der Waals surface area contributed by atoms with E-state index in [-0.39, 0.29) is 17.7 Å². The quantitative estimate of drug-likeness (QED) is 0.808. The fourth-order valence-corrected chi connectivity index (χ4v) is 2.21. The zero-order valence-corrected chi connectivity index (χ0v) is 10.4. The van der Waals surface area contributed by atoms with Gasteiger partial charge in [-0.2, -0.15) is 0 Å². The number of nitrogens with two attached hydrogens (primary N) is 1. The van der Waals surface area contributed by atoms with E-state index in [4.69, 9.17) is 5.73 Å². The van der Waals surface area contributed by atoms with Crippen LogP contribution in [0.1, 0.15) is 23.1 Å². The van der Waals surface area contributed by atoms with Gasteiger partial charge in [-0.15, -0.1) is 0 Å². The second-order valence-electron chi connectivity index (χ2n) is 4.95. The smallest absolute Gasteiger partial charge is 0.144 e. The summed E-state index contributed by atoms with van der Waals surface area (Å²) in [6, 6.07) is 6.28. The van der Waals surface area contributed by atoms with Crippen molar-refractivity contribution in [2.45, 2.75) is 32.7 Å². The van der Waals surface area contributed by atoms with Crippen molar-refractivity contribution in [3.8, 4) is 0 Å². The molecule has 0 spiro atoms. The number of carbonyl (C=O) groups excluding carboxylic acids is 1. The third kappa shape index (κ3) is 2.83. The molecule has 1 aromatic rings. The predicted octanol–water partition coefficient (Wildman–Crippen LogP) is 2.32. The summed E-state index contributed by atoms with van der Waals surface area (Å²) >= 11 is 0. The minimum atomic E-state index is 0.0200. The molecule has 0 radical (unpaired) electrons. The molecule has 0 aliphatic heterocycles. The molecule has 2 nitrogen and oxygen atoms in total. The first-order valence-corrected chi connectivity index (χ1v) is 6.09. The molecule has 0 bridgehead atoms. The summed E-state index contributed by atoms with van der Waals surface area (Å²) in [5.41, 5.74) is 9.38. The van der Waals surface area contributed by atoms with Gasteiger partial charge in [0, 0.05) is 18.4 Å². The fraction of sp³-hybridized carbons (Fsp3) is 0.400. The predicted molar refractivity (Wildman–Crippen MR) is 69.8 cm³/mol. The maximum Gasteiger partial charge on any atom is 0.144 e. The second-order valence-corrected chi connectivity index (χ2v) is 4.95. The van der Waals surface area contributed by atoms with Crippen LogP contribution in [0.15, 0.2) is 30.4 Å².